The summed E-state index contributed by atoms with van der Waals surface area (Å²) < 4.78 is 26.0. The van der Waals surface area contributed by atoms with Gasteiger partial charge in [0.25, 0.3) is 5.91 Å². The molecule has 0 radical (unpaired) electrons. The maximum absolute atomic E-state index is 13.1. The largest absolute Gasteiger partial charge is 0.350 e. The first-order valence-electron chi connectivity index (χ1n) is 7.46. The number of benzene rings is 2. The molecule has 2 amide bonds. The Morgan fingerprint density at radius 2 is 1.71 bits per heavy atom. The van der Waals surface area contributed by atoms with Crippen LogP contribution in [0.4, 0.5) is 14.5 Å². The molecule has 0 unspecified atom stereocenters. The van der Waals surface area contributed by atoms with E-state index >= 15 is 0 Å². The second kappa shape index (κ2) is 7.68. The first-order valence-corrected chi connectivity index (χ1v) is 7.46. The summed E-state index contributed by atoms with van der Waals surface area (Å²) in [5.41, 5.74) is 1.84. The summed E-state index contributed by atoms with van der Waals surface area (Å²) >= 11 is 0. The normalized spacial score (nSPS) is 10.3. The molecular weight excluding hydrogens is 314 g/mol. The van der Waals surface area contributed by atoms with Crippen molar-refractivity contribution in [2.45, 2.75) is 13.8 Å². The van der Waals surface area contributed by atoms with Crippen LogP contribution >= 0.6 is 0 Å². The van der Waals surface area contributed by atoms with Crippen LogP contribution in [0.2, 0.25) is 0 Å². The van der Waals surface area contributed by atoms with Gasteiger partial charge in [0.1, 0.15) is 0 Å². The number of rotatable bonds is 5. The van der Waals surface area contributed by atoms with E-state index in [2.05, 4.69) is 5.32 Å². The fraction of sp³-hybridized carbons (Fsp3) is 0.222. The molecule has 0 saturated carbocycles. The number of carbonyl (C=O) groups excluding carboxylic acids is 2. The van der Waals surface area contributed by atoms with Crippen molar-refractivity contribution in [2.24, 2.45) is 0 Å². The lowest BCUT2D eigenvalue weighted by Gasteiger charge is -2.21. The van der Waals surface area contributed by atoms with Crippen LogP contribution in [-0.4, -0.2) is 24.9 Å². The van der Waals surface area contributed by atoms with Gasteiger partial charge in [0, 0.05) is 31.3 Å². The standard InChI is InChI=1S/C18H18F2N2O2/c1-12-3-6-15(7-4-12)22(13(2)23)10-9-21-18(24)14-5-8-16(19)17(20)11-14/h3-8,11H,9-10H2,1-2H3,(H,21,24). The minimum atomic E-state index is -1.08. The molecule has 0 aromatic heterocycles. The molecule has 0 aliphatic heterocycles. The number of nitrogens with zero attached hydrogens (tertiary/aromatic N) is 1. The Morgan fingerprint density at radius 3 is 2.29 bits per heavy atom. The zero-order valence-corrected chi connectivity index (χ0v) is 13.5. The first kappa shape index (κ1) is 17.6. The number of aryl methyl sites for hydroxylation is 1. The van der Waals surface area contributed by atoms with E-state index in [1.165, 1.54) is 17.9 Å². The van der Waals surface area contributed by atoms with Crippen molar-refractivity contribution in [3.05, 3.63) is 65.2 Å². The Hall–Kier alpha value is -2.76. The van der Waals surface area contributed by atoms with Gasteiger partial charge in [-0.2, -0.15) is 0 Å². The van der Waals surface area contributed by atoms with E-state index < -0.39 is 17.5 Å². The molecule has 0 atom stereocenters. The Balaban J connectivity index is 1.97. The minimum Gasteiger partial charge on any atom is -0.350 e. The van der Waals surface area contributed by atoms with Gasteiger partial charge >= 0.3 is 0 Å². The monoisotopic (exact) mass is 332 g/mol. The molecule has 1 N–H and O–H groups in total. The molecule has 24 heavy (non-hydrogen) atoms. The second-order valence-corrected chi connectivity index (χ2v) is 5.39. The van der Waals surface area contributed by atoms with Gasteiger partial charge in [0.2, 0.25) is 5.91 Å². The van der Waals surface area contributed by atoms with Crippen molar-refractivity contribution < 1.29 is 18.4 Å². The Morgan fingerprint density at radius 1 is 1.04 bits per heavy atom. The molecule has 0 saturated heterocycles. The fourth-order valence-corrected chi connectivity index (χ4v) is 2.21. The predicted molar refractivity (Wildman–Crippen MR) is 87.9 cm³/mol. The average Bonchev–Trinajstić information content (AvgIpc) is 2.54. The zero-order chi connectivity index (χ0) is 17.7. The molecule has 2 rings (SSSR count). The van der Waals surface area contributed by atoms with Gasteiger partial charge in [-0.1, -0.05) is 17.7 Å². The van der Waals surface area contributed by atoms with Gasteiger partial charge in [0.15, 0.2) is 11.6 Å². The third kappa shape index (κ3) is 4.38. The van der Waals surface area contributed by atoms with Crippen molar-refractivity contribution in [1.82, 2.24) is 5.32 Å². The summed E-state index contributed by atoms with van der Waals surface area (Å²) in [7, 11) is 0. The van der Waals surface area contributed by atoms with Gasteiger partial charge in [-0.3, -0.25) is 9.59 Å². The SMILES string of the molecule is CC(=O)N(CCNC(=O)c1ccc(F)c(F)c1)c1ccc(C)cc1. The number of hydrogen-bond donors (Lipinski definition) is 1. The topological polar surface area (TPSA) is 49.4 Å². The summed E-state index contributed by atoms with van der Waals surface area (Å²) in [6.07, 6.45) is 0. The van der Waals surface area contributed by atoms with Gasteiger partial charge < -0.3 is 10.2 Å². The molecule has 2 aromatic rings. The average molecular weight is 332 g/mol. The molecule has 0 aliphatic rings. The number of nitrogens with one attached hydrogen (secondary N) is 1. The van der Waals surface area contributed by atoms with Crippen LogP contribution in [-0.2, 0) is 4.79 Å². The first-order chi connectivity index (χ1) is 11.4. The van der Waals surface area contributed by atoms with Crippen molar-refractivity contribution in [2.75, 3.05) is 18.0 Å². The third-order valence-electron chi connectivity index (χ3n) is 3.53. The van der Waals surface area contributed by atoms with Gasteiger partial charge in [0.05, 0.1) is 0 Å². The lowest BCUT2D eigenvalue weighted by atomic mass is 10.2. The quantitative estimate of drug-likeness (QED) is 0.915. The van der Waals surface area contributed by atoms with Crippen molar-refractivity contribution in [3.8, 4) is 0 Å². The predicted octanol–water partition coefficient (Wildman–Crippen LogP) is 3.06. The summed E-state index contributed by atoms with van der Waals surface area (Å²) in [5.74, 6) is -2.76. The summed E-state index contributed by atoms with van der Waals surface area (Å²) in [6.45, 7) is 3.85. The Kier molecular flexibility index (Phi) is 5.63. The van der Waals surface area contributed by atoms with Crippen LogP contribution < -0.4 is 10.2 Å². The molecular formula is C18H18F2N2O2. The van der Waals surface area contributed by atoms with Crippen molar-refractivity contribution >= 4 is 17.5 Å². The van der Waals surface area contributed by atoms with E-state index in [1.54, 1.807) is 0 Å². The molecule has 6 heteroatoms. The highest BCUT2D eigenvalue weighted by molar-refractivity contribution is 5.94. The summed E-state index contributed by atoms with van der Waals surface area (Å²) in [5, 5.41) is 2.59. The van der Waals surface area contributed by atoms with E-state index in [4.69, 9.17) is 0 Å². The molecule has 0 spiro atoms. The molecule has 0 bridgehead atoms. The van der Waals surface area contributed by atoms with Crippen LogP contribution in [0.15, 0.2) is 42.5 Å². The molecule has 0 heterocycles. The third-order valence-corrected chi connectivity index (χ3v) is 3.53. The van der Waals surface area contributed by atoms with Crippen LogP contribution in [0.1, 0.15) is 22.8 Å². The Labute approximate surface area is 139 Å². The molecule has 126 valence electrons. The Bertz CT molecular complexity index is 745. The fourth-order valence-electron chi connectivity index (χ4n) is 2.21. The second-order valence-electron chi connectivity index (χ2n) is 5.39. The molecule has 2 aromatic carbocycles. The highest BCUT2D eigenvalue weighted by atomic mass is 19.2. The van der Waals surface area contributed by atoms with Crippen molar-refractivity contribution in [1.29, 1.82) is 0 Å². The zero-order valence-electron chi connectivity index (χ0n) is 13.5. The molecule has 4 nitrogen and oxygen atoms in total. The maximum Gasteiger partial charge on any atom is 0.251 e. The van der Waals surface area contributed by atoms with Gasteiger partial charge in [-0.05, 0) is 37.3 Å². The van der Waals surface area contributed by atoms with E-state index in [0.29, 0.717) is 0 Å². The summed E-state index contributed by atoms with van der Waals surface area (Å²) in [4.78, 5) is 25.2. The van der Waals surface area contributed by atoms with Crippen molar-refractivity contribution in [3.63, 3.8) is 0 Å². The summed E-state index contributed by atoms with van der Waals surface area (Å²) in [6, 6.07) is 10.4. The van der Waals surface area contributed by atoms with Gasteiger partial charge in [-0.15, -0.1) is 0 Å². The molecule has 0 aliphatic carbocycles. The van der Waals surface area contributed by atoms with Crippen LogP contribution in [0.3, 0.4) is 0 Å². The number of anilines is 1. The minimum absolute atomic E-state index is 0.0265. The lowest BCUT2D eigenvalue weighted by Crippen LogP contribution is -2.37. The number of amides is 2. The van der Waals surface area contributed by atoms with E-state index in [1.807, 2.05) is 31.2 Å². The smallest absolute Gasteiger partial charge is 0.251 e. The number of carbonyl (C=O) groups is 2. The van der Waals surface area contributed by atoms with E-state index in [0.717, 1.165) is 23.4 Å². The number of hydrogen-bond acceptors (Lipinski definition) is 2. The van der Waals surface area contributed by atoms with Gasteiger partial charge in [-0.25, -0.2) is 8.78 Å². The maximum atomic E-state index is 13.1. The van der Waals surface area contributed by atoms with Crippen LogP contribution in [0.5, 0.6) is 0 Å². The van der Waals surface area contributed by atoms with Crippen LogP contribution in [0.25, 0.3) is 0 Å². The van der Waals surface area contributed by atoms with E-state index in [9.17, 15) is 18.4 Å². The number of halogens is 2. The lowest BCUT2D eigenvalue weighted by molar-refractivity contribution is -0.116. The highest BCUT2D eigenvalue weighted by Crippen LogP contribution is 2.15. The van der Waals surface area contributed by atoms with E-state index in [-0.39, 0.29) is 24.6 Å². The van der Waals surface area contributed by atoms with Crippen LogP contribution in [0, 0.1) is 18.6 Å². The highest BCUT2D eigenvalue weighted by Gasteiger charge is 2.13. The molecule has 0 fully saturated rings.